The Labute approximate surface area is 104 Å². The Morgan fingerprint density at radius 2 is 2.47 bits per heavy atom. The summed E-state index contributed by atoms with van der Waals surface area (Å²) in [6, 6.07) is 0. The van der Waals surface area contributed by atoms with Crippen molar-refractivity contribution >= 4 is 22.4 Å². The number of hydrogen-bond acceptors (Lipinski definition) is 6. The maximum Gasteiger partial charge on any atom is 0.349 e. The Hall–Kier alpha value is -1.14. The van der Waals surface area contributed by atoms with E-state index in [-0.39, 0.29) is 5.97 Å². The maximum atomic E-state index is 11.2. The molecule has 1 fully saturated rings. The average molecular weight is 256 g/mol. The lowest BCUT2D eigenvalue weighted by atomic mass is 10.5. The Bertz CT molecular complexity index is 377. The van der Waals surface area contributed by atoms with E-state index in [1.54, 1.807) is 0 Å². The van der Waals surface area contributed by atoms with E-state index < -0.39 is 0 Å². The molecule has 1 aromatic heterocycles. The van der Waals surface area contributed by atoms with Crippen molar-refractivity contribution in [2.45, 2.75) is 12.8 Å². The Morgan fingerprint density at radius 1 is 1.65 bits per heavy atom. The van der Waals surface area contributed by atoms with Crippen LogP contribution in [0.2, 0.25) is 0 Å². The molecule has 1 saturated carbocycles. The van der Waals surface area contributed by atoms with E-state index in [1.807, 2.05) is 0 Å². The molecule has 2 rings (SSSR count). The fraction of sp³-hybridized carbons (Fsp3) is 0.636. The Balaban J connectivity index is 1.64. The largest absolute Gasteiger partial charge is 0.465 e. The van der Waals surface area contributed by atoms with Gasteiger partial charge < -0.3 is 14.8 Å². The van der Waals surface area contributed by atoms with E-state index in [0.29, 0.717) is 18.0 Å². The molecule has 0 atom stereocenters. The zero-order valence-electron chi connectivity index (χ0n) is 9.77. The summed E-state index contributed by atoms with van der Waals surface area (Å²) in [4.78, 5) is 15.8. The van der Waals surface area contributed by atoms with Crippen molar-refractivity contribution in [2.24, 2.45) is 5.92 Å². The number of esters is 1. The van der Waals surface area contributed by atoms with Crippen molar-refractivity contribution in [2.75, 3.05) is 32.2 Å². The number of methoxy groups -OCH3 is 1. The SMILES string of the molecule is COC(=O)c1cnc(NCCOCC2CC2)s1. The second kappa shape index (κ2) is 5.97. The molecule has 0 aromatic carbocycles. The zero-order chi connectivity index (χ0) is 12.1. The van der Waals surface area contributed by atoms with Gasteiger partial charge in [0.2, 0.25) is 0 Å². The minimum Gasteiger partial charge on any atom is -0.465 e. The van der Waals surface area contributed by atoms with E-state index in [0.717, 1.165) is 17.7 Å². The van der Waals surface area contributed by atoms with Gasteiger partial charge in [0.05, 0.1) is 19.9 Å². The highest BCUT2D eigenvalue weighted by molar-refractivity contribution is 7.17. The lowest BCUT2D eigenvalue weighted by molar-refractivity contribution is 0.0606. The van der Waals surface area contributed by atoms with Crippen molar-refractivity contribution in [1.82, 2.24) is 4.98 Å². The molecular weight excluding hydrogens is 240 g/mol. The van der Waals surface area contributed by atoms with Gasteiger partial charge in [0.15, 0.2) is 5.13 Å². The Kier molecular flexibility index (Phi) is 4.33. The van der Waals surface area contributed by atoms with Gasteiger partial charge in [-0.1, -0.05) is 11.3 Å². The fourth-order valence-corrected chi connectivity index (χ4v) is 2.08. The second-order valence-corrected chi connectivity index (χ2v) is 5.00. The number of rotatable bonds is 7. The number of thiazole rings is 1. The highest BCUT2D eigenvalue weighted by atomic mass is 32.1. The minimum atomic E-state index is -0.347. The normalized spacial score (nSPS) is 14.6. The third kappa shape index (κ3) is 3.98. The summed E-state index contributed by atoms with van der Waals surface area (Å²) in [6.07, 6.45) is 4.13. The van der Waals surface area contributed by atoms with Crippen LogP contribution in [0.4, 0.5) is 5.13 Å². The molecule has 94 valence electrons. The average Bonchev–Trinajstić information content (AvgIpc) is 3.05. The van der Waals surface area contributed by atoms with Gasteiger partial charge in [0.25, 0.3) is 0 Å². The molecule has 0 amide bonds. The molecule has 1 heterocycles. The molecule has 1 N–H and O–H groups in total. The third-order valence-electron chi connectivity index (χ3n) is 2.47. The summed E-state index contributed by atoms with van der Waals surface area (Å²) in [7, 11) is 1.36. The minimum absolute atomic E-state index is 0.347. The first-order valence-corrected chi connectivity index (χ1v) is 6.47. The predicted molar refractivity (Wildman–Crippen MR) is 65.5 cm³/mol. The van der Waals surface area contributed by atoms with E-state index >= 15 is 0 Å². The van der Waals surface area contributed by atoms with Crippen LogP contribution in [0.25, 0.3) is 0 Å². The van der Waals surface area contributed by atoms with Crippen LogP contribution >= 0.6 is 11.3 Å². The zero-order valence-corrected chi connectivity index (χ0v) is 10.6. The molecular formula is C11H16N2O3S. The monoisotopic (exact) mass is 256 g/mol. The molecule has 1 aliphatic rings. The second-order valence-electron chi connectivity index (χ2n) is 3.97. The summed E-state index contributed by atoms with van der Waals surface area (Å²) >= 11 is 1.29. The fourth-order valence-electron chi connectivity index (χ4n) is 1.32. The first-order valence-electron chi connectivity index (χ1n) is 5.65. The van der Waals surface area contributed by atoms with Crippen LogP contribution in [0, 0.1) is 5.92 Å². The number of nitrogens with one attached hydrogen (secondary N) is 1. The molecule has 0 bridgehead atoms. The van der Waals surface area contributed by atoms with Crippen molar-refractivity contribution in [3.63, 3.8) is 0 Å². The number of anilines is 1. The molecule has 0 unspecified atom stereocenters. The molecule has 6 heteroatoms. The standard InChI is InChI=1S/C11H16N2O3S/c1-15-10(14)9-6-13-11(17-9)12-4-5-16-7-8-2-3-8/h6,8H,2-5,7H2,1H3,(H,12,13). The van der Waals surface area contributed by atoms with Crippen LogP contribution in [0.15, 0.2) is 6.20 Å². The first-order chi connectivity index (χ1) is 8.29. The molecule has 0 aliphatic heterocycles. The number of hydrogen-bond donors (Lipinski definition) is 1. The van der Waals surface area contributed by atoms with Crippen LogP contribution in [-0.2, 0) is 9.47 Å². The quantitative estimate of drug-likeness (QED) is 0.595. The molecule has 1 aliphatic carbocycles. The van der Waals surface area contributed by atoms with E-state index in [9.17, 15) is 4.79 Å². The summed E-state index contributed by atoms with van der Waals surface area (Å²) < 4.78 is 10.1. The number of carbonyl (C=O) groups is 1. The van der Waals surface area contributed by atoms with Crippen molar-refractivity contribution in [3.05, 3.63) is 11.1 Å². The molecule has 1 aromatic rings. The van der Waals surface area contributed by atoms with E-state index in [1.165, 1.54) is 37.5 Å². The van der Waals surface area contributed by atoms with Crippen LogP contribution in [0.1, 0.15) is 22.5 Å². The van der Waals surface area contributed by atoms with Gasteiger partial charge in [0.1, 0.15) is 4.88 Å². The topological polar surface area (TPSA) is 60.5 Å². The molecule has 17 heavy (non-hydrogen) atoms. The number of ether oxygens (including phenoxy) is 2. The summed E-state index contributed by atoms with van der Waals surface area (Å²) in [5, 5.41) is 3.84. The predicted octanol–water partition coefficient (Wildman–Crippen LogP) is 1.77. The van der Waals surface area contributed by atoms with Crippen LogP contribution in [0.3, 0.4) is 0 Å². The van der Waals surface area contributed by atoms with Gasteiger partial charge >= 0.3 is 5.97 Å². The van der Waals surface area contributed by atoms with Crippen LogP contribution < -0.4 is 5.32 Å². The highest BCUT2D eigenvalue weighted by Crippen LogP contribution is 2.28. The lowest BCUT2D eigenvalue weighted by Gasteiger charge is -2.03. The molecule has 0 saturated heterocycles. The number of nitrogens with zero attached hydrogens (tertiary/aromatic N) is 1. The van der Waals surface area contributed by atoms with Crippen molar-refractivity contribution in [1.29, 1.82) is 0 Å². The van der Waals surface area contributed by atoms with E-state index in [2.05, 4.69) is 15.0 Å². The van der Waals surface area contributed by atoms with Crippen LogP contribution in [-0.4, -0.2) is 37.8 Å². The highest BCUT2D eigenvalue weighted by Gasteiger charge is 2.20. The molecule has 5 nitrogen and oxygen atoms in total. The summed E-state index contributed by atoms with van der Waals surface area (Å²) in [5.74, 6) is 0.446. The number of aromatic nitrogens is 1. The first kappa shape index (κ1) is 12.3. The van der Waals surface area contributed by atoms with Gasteiger partial charge in [0, 0.05) is 13.2 Å². The summed E-state index contributed by atoms with van der Waals surface area (Å²) in [6.45, 7) is 2.25. The van der Waals surface area contributed by atoms with Gasteiger partial charge in [-0.15, -0.1) is 0 Å². The molecule has 0 radical (unpaired) electrons. The van der Waals surface area contributed by atoms with Gasteiger partial charge in [-0.3, -0.25) is 0 Å². The van der Waals surface area contributed by atoms with Crippen molar-refractivity contribution < 1.29 is 14.3 Å². The number of carbonyl (C=O) groups excluding carboxylic acids is 1. The maximum absolute atomic E-state index is 11.2. The van der Waals surface area contributed by atoms with Crippen LogP contribution in [0.5, 0.6) is 0 Å². The van der Waals surface area contributed by atoms with E-state index in [4.69, 9.17) is 4.74 Å². The lowest BCUT2D eigenvalue weighted by Crippen LogP contribution is -2.10. The van der Waals surface area contributed by atoms with Gasteiger partial charge in [-0.2, -0.15) is 0 Å². The van der Waals surface area contributed by atoms with Gasteiger partial charge in [-0.05, 0) is 18.8 Å². The summed E-state index contributed by atoms with van der Waals surface area (Å²) in [5.41, 5.74) is 0. The Morgan fingerprint density at radius 3 is 3.18 bits per heavy atom. The molecule has 0 spiro atoms. The smallest absolute Gasteiger partial charge is 0.349 e. The third-order valence-corrected chi connectivity index (χ3v) is 3.40. The van der Waals surface area contributed by atoms with Gasteiger partial charge in [-0.25, -0.2) is 9.78 Å². The van der Waals surface area contributed by atoms with Crippen molar-refractivity contribution in [3.8, 4) is 0 Å².